The van der Waals surface area contributed by atoms with Crippen LogP contribution in [0, 0.1) is 0 Å². The van der Waals surface area contributed by atoms with Gasteiger partial charge in [0.25, 0.3) is 0 Å². The first-order valence-corrected chi connectivity index (χ1v) is 4.92. The van der Waals surface area contributed by atoms with Crippen LogP contribution in [0.1, 0.15) is 25.7 Å². The molecule has 0 heterocycles. The third-order valence-electron chi connectivity index (χ3n) is 1.91. The molecule has 4 heteroatoms. The Morgan fingerprint density at radius 1 is 1.18 bits per heavy atom. The van der Waals surface area contributed by atoms with Crippen molar-refractivity contribution in [2.75, 3.05) is 0 Å². The summed E-state index contributed by atoms with van der Waals surface area (Å²) < 4.78 is 0.0996. The first-order valence-electron chi connectivity index (χ1n) is 3.73. The first-order chi connectivity index (χ1) is 5.20. The van der Waals surface area contributed by atoms with E-state index in [4.69, 9.17) is 34.8 Å². The molecule has 1 aliphatic carbocycles. The summed E-state index contributed by atoms with van der Waals surface area (Å²) in [6.07, 6.45) is 4.41. The molecule has 1 rings (SSSR count). The quantitative estimate of drug-likeness (QED) is 0.469. The normalized spacial score (nSPS) is 31.5. The molecule has 0 saturated heterocycles. The predicted molar refractivity (Wildman–Crippen MR) is 51.0 cm³/mol. The minimum atomic E-state index is 0.0996. The lowest BCUT2D eigenvalue weighted by Crippen LogP contribution is -2.23. The minimum Gasteiger partial charge on any atom is -0.258 e. The Hall–Kier alpha value is 0.540. The van der Waals surface area contributed by atoms with Crippen LogP contribution in [-0.4, -0.2) is 16.0 Å². The molecule has 2 atom stereocenters. The highest BCUT2D eigenvalue weighted by molar-refractivity contribution is 6.95. The summed E-state index contributed by atoms with van der Waals surface area (Å²) in [4.78, 5) is 4.03. The number of aliphatic imine (C=N–C) groups is 1. The molecular formula is C7H10Cl3N. The molecular weight excluding hydrogens is 204 g/mol. The van der Waals surface area contributed by atoms with E-state index < -0.39 is 0 Å². The summed E-state index contributed by atoms with van der Waals surface area (Å²) in [5.74, 6) is 0. The van der Waals surface area contributed by atoms with Crippen molar-refractivity contribution in [3.8, 4) is 0 Å². The molecule has 0 amide bonds. The molecule has 11 heavy (non-hydrogen) atoms. The fourth-order valence-electron chi connectivity index (χ4n) is 1.34. The maximum Gasteiger partial charge on any atom is 0.192 e. The van der Waals surface area contributed by atoms with Crippen LogP contribution in [-0.2, 0) is 0 Å². The summed E-state index contributed by atoms with van der Waals surface area (Å²) in [7, 11) is 0. The highest BCUT2D eigenvalue weighted by Crippen LogP contribution is 2.26. The predicted octanol–water partition coefficient (Wildman–Crippen LogP) is 3.37. The van der Waals surface area contributed by atoms with Crippen molar-refractivity contribution in [3.63, 3.8) is 0 Å². The molecule has 64 valence electrons. The summed E-state index contributed by atoms with van der Waals surface area (Å²) >= 11 is 16.9. The summed E-state index contributed by atoms with van der Waals surface area (Å²) in [6.45, 7) is 0. The highest BCUT2D eigenvalue weighted by Gasteiger charge is 2.22. The van der Waals surface area contributed by atoms with Crippen molar-refractivity contribution >= 4 is 39.4 Å². The van der Waals surface area contributed by atoms with Crippen molar-refractivity contribution in [1.29, 1.82) is 0 Å². The molecule has 0 N–H and O–H groups in total. The summed E-state index contributed by atoms with van der Waals surface area (Å²) in [5.41, 5.74) is 0. The molecule has 0 aromatic heterocycles. The van der Waals surface area contributed by atoms with E-state index in [2.05, 4.69) is 4.99 Å². The van der Waals surface area contributed by atoms with Gasteiger partial charge in [0.1, 0.15) is 0 Å². The number of hydrogen-bond donors (Lipinski definition) is 0. The third kappa shape index (κ3) is 3.18. The molecule has 1 saturated carbocycles. The van der Waals surface area contributed by atoms with Gasteiger partial charge in [-0.1, -0.05) is 12.8 Å². The zero-order valence-electron chi connectivity index (χ0n) is 6.06. The molecule has 1 fully saturated rings. The van der Waals surface area contributed by atoms with E-state index in [1.165, 1.54) is 12.8 Å². The van der Waals surface area contributed by atoms with Crippen molar-refractivity contribution in [2.24, 2.45) is 4.99 Å². The maximum atomic E-state index is 6.00. The second kappa shape index (κ2) is 4.54. The van der Waals surface area contributed by atoms with Gasteiger partial charge in [0.15, 0.2) is 4.63 Å². The van der Waals surface area contributed by atoms with Gasteiger partial charge in [-0.15, -0.1) is 11.6 Å². The Bertz CT molecular complexity index is 154. The lowest BCUT2D eigenvalue weighted by atomic mass is 9.96. The van der Waals surface area contributed by atoms with Gasteiger partial charge in [-0.2, -0.15) is 0 Å². The van der Waals surface area contributed by atoms with Crippen molar-refractivity contribution in [2.45, 2.75) is 37.1 Å². The van der Waals surface area contributed by atoms with E-state index in [1.54, 1.807) is 0 Å². The van der Waals surface area contributed by atoms with Crippen LogP contribution >= 0.6 is 34.8 Å². The Morgan fingerprint density at radius 3 is 2.36 bits per heavy atom. The van der Waals surface area contributed by atoms with E-state index >= 15 is 0 Å². The molecule has 0 aliphatic heterocycles. The highest BCUT2D eigenvalue weighted by atomic mass is 35.5. The topological polar surface area (TPSA) is 12.4 Å². The van der Waals surface area contributed by atoms with Gasteiger partial charge in [-0.3, -0.25) is 4.99 Å². The van der Waals surface area contributed by atoms with Gasteiger partial charge in [0.05, 0.1) is 11.4 Å². The monoisotopic (exact) mass is 213 g/mol. The third-order valence-corrected chi connectivity index (χ3v) is 2.61. The van der Waals surface area contributed by atoms with Crippen LogP contribution in [0.5, 0.6) is 0 Å². The van der Waals surface area contributed by atoms with Crippen LogP contribution in [0.25, 0.3) is 0 Å². The first kappa shape index (κ1) is 9.63. The van der Waals surface area contributed by atoms with Crippen LogP contribution in [0.15, 0.2) is 4.99 Å². The van der Waals surface area contributed by atoms with Gasteiger partial charge in [-0.25, -0.2) is 0 Å². The van der Waals surface area contributed by atoms with Gasteiger partial charge in [0, 0.05) is 0 Å². The molecule has 0 bridgehead atoms. The Kier molecular flexibility index (Phi) is 3.97. The minimum absolute atomic E-state index is 0.0996. The van der Waals surface area contributed by atoms with E-state index in [1.807, 2.05) is 0 Å². The van der Waals surface area contributed by atoms with Crippen LogP contribution in [0.3, 0.4) is 0 Å². The average molecular weight is 215 g/mol. The second-order valence-electron chi connectivity index (χ2n) is 2.74. The lowest BCUT2D eigenvalue weighted by molar-refractivity contribution is 0.451. The molecule has 0 unspecified atom stereocenters. The van der Waals surface area contributed by atoms with Gasteiger partial charge in [0.2, 0.25) is 0 Å². The second-order valence-corrected chi connectivity index (χ2v) is 4.21. The number of hydrogen-bond acceptors (Lipinski definition) is 1. The largest absolute Gasteiger partial charge is 0.258 e. The average Bonchev–Trinajstić information content (AvgIpc) is 1.93. The number of alkyl halides is 1. The zero-order valence-corrected chi connectivity index (χ0v) is 8.33. The number of halogens is 3. The molecule has 0 radical (unpaired) electrons. The lowest BCUT2D eigenvalue weighted by Gasteiger charge is -2.23. The Balaban J connectivity index is 2.48. The maximum absolute atomic E-state index is 6.00. The van der Waals surface area contributed by atoms with E-state index in [9.17, 15) is 0 Å². The molecule has 0 aromatic carbocycles. The zero-order chi connectivity index (χ0) is 8.27. The molecule has 1 nitrogen and oxygen atoms in total. The molecule has 1 aliphatic rings. The van der Waals surface area contributed by atoms with E-state index in [-0.39, 0.29) is 16.0 Å². The SMILES string of the molecule is ClC(Cl)=N[C@H]1CCCC[C@@H]1Cl. The molecule has 0 spiro atoms. The fraction of sp³-hybridized carbons (Fsp3) is 0.857. The Morgan fingerprint density at radius 2 is 1.82 bits per heavy atom. The summed E-state index contributed by atoms with van der Waals surface area (Å²) in [5, 5.41) is 0.122. The van der Waals surface area contributed by atoms with Crippen molar-refractivity contribution in [1.82, 2.24) is 0 Å². The fourth-order valence-corrected chi connectivity index (χ4v) is 1.92. The van der Waals surface area contributed by atoms with E-state index in [0.717, 1.165) is 12.8 Å². The standard InChI is InChI=1S/C7H10Cl3N/c8-5-3-1-2-4-6(5)11-7(9)10/h5-6H,1-4H2/t5-,6-/m0/s1. The number of rotatable bonds is 1. The van der Waals surface area contributed by atoms with Gasteiger partial charge in [-0.05, 0) is 36.0 Å². The number of nitrogens with zero attached hydrogens (tertiary/aromatic N) is 1. The van der Waals surface area contributed by atoms with Crippen LogP contribution < -0.4 is 0 Å². The van der Waals surface area contributed by atoms with E-state index in [0.29, 0.717) is 0 Å². The van der Waals surface area contributed by atoms with Crippen LogP contribution in [0.2, 0.25) is 0 Å². The smallest absolute Gasteiger partial charge is 0.192 e. The van der Waals surface area contributed by atoms with Crippen molar-refractivity contribution in [3.05, 3.63) is 0 Å². The van der Waals surface area contributed by atoms with Crippen LogP contribution in [0.4, 0.5) is 0 Å². The Labute approximate surface area is 81.7 Å². The van der Waals surface area contributed by atoms with Gasteiger partial charge < -0.3 is 0 Å². The molecule has 0 aromatic rings. The van der Waals surface area contributed by atoms with Crippen molar-refractivity contribution < 1.29 is 0 Å². The van der Waals surface area contributed by atoms with Gasteiger partial charge >= 0.3 is 0 Å². The summed E-state index contributed by atoms with van der Waals surface area (Å²) in [6, 6.07) is 0.135.